The molecule has 1 spiro atoms. The first kappa shape index (κ1) is 19.4. The van der Waals surface area contributed by atoms with Crippen LogP contribution in [0, 0.1) is 5.41 Å². The van der Waals surface area contributed by atoms with Gasteiger partial charge in [-0.1, -0.05) is 0 Å². The van der Waals surface area contributed by atoms with Crippen molar-refractivity contribution in [3.05, 3.63) is 43.8 Å². The summed E-state index contributed by atoms with van der Waals surface area (Å²) in [5.74, 6) is 0.219. The van der Waals surface area contributed by atoms with Crippen LogP contribution in [-0.2, 0) is 24.3 Å². The molecule has 7 heteroatoms. The monoisotopic (exact) mass is 424 g/mol. The summed E-state index contributed by atoms with van der Waals surface area (Å²) in [6.07, 6.45) is 4.50. The molecule has 3 aliphatic rings. The van der Waals surface area contributed by atoms with E-state index in [1.165, 1.54) is 35.3 Å². The second-order valence-corrected chi connectivity index (χ2v) is 9.68. The van der Waals surface area contributed by atoms with Crippen LogP contribution in [0.4, 0.5) is 0 Å². The second kappa shape index (κ2) is 7.84. The van der Waals surface area contributed by atoms with Crippen LogP contribution in [0.15, 0.2) is 22.9 Å². The van der Waals surface area contributed by atoms with E-state index in [2.05, 4.69) is 33.1 Å². The fraction of sp³-hybridized carbons (Fsp3) is 0.550. The fourth-order valence-electron chi connectivity index (χ4n) is 4.53. The Bertz CT molecular complexity index is 776. The molecule has 5 rings (SSSR count). The number of hydrogen-bond acceptors (Lipinski definition) is 5. The van der Waals surface area contributed by atoms with Gasteiger partial charge in [0.05, 0.1) is 18.1 Å². The van der Waals surface area contributed by atoms with Gasteiger partial charge in [-0.15, -0.1) is 23.7 Å². The van der Waals surface area contributed by atoms with E-state index in [0.717, 1.165) is 37.5 Å². The lowest BCUT2D eigenvalue weighted by molar-refractivity contribution is 0.0697. The van der Waals surface area contributed by atoms with Crippen molar-refractivity contribution in [3.63, 3.8) is 0 Å². The minimum atomic E-state index is 0. The summed E-state index contributed by atoms with van der Waals surface area (Å²) in [5.41, 5.74) is 2.83. The molecule has 4 nitrogen and oxygen atoms in total. The minimum absolute atomic E-state index is 0. The Morgan fingerprint density at radius 2 is 2.22 bits per heavy atom. The number of halogens is 1. The number of carbonyl (C=O) groups is 1. The minimum Gasteiger partial charge on any atom is -0.376 e. The molecule has 2 aliphatic heterocycles. The van der Waals surface area contributed by atoms with Gasteiger partial charge in [-0.25, -0.2) is 0 Å². The summed E-state index contributed by atoms with van der Waals surface area (Å²) < 4.78 is 5.56. The molecule has 1 saturated heterocycles. The van der Waals surface area contributed by atoms with Crippen molar-refractivity contribution < 1.29 is 9.53 Å². The molecule has 1 amide bonds. The molecule has 1 aliphatic carbocycles. The van der Waals surface area contributed by atoms with Gasteiger partial charge in [0.2, 0.25) is 0 Å². The van der Waals surface area contributed by atoms with E-state index >= 15 is 0 Å². The zero-order valence-electron chi connectivity index (χ0n) is 15.2. The molecule has 2 aromatic heterocycles. The number of hydrogen-bond donors (Lipinski definition) is 1. The Labute approximate surface area is 174 Å². The van der Waals surface area contributed by atoms with Gasteiger partial charge in [0, 0.05) is 23.9 Å². The third kappa shape index (κ3) is 3.70. The van der Waals surface area contributed by atoms with Crippen molar-refractivity contribution in [3.8, 4) is 0 Å². The van der Waals surface area contributed by atoms with Gasteiger partial charge < -0.3 is 15.0 Å². The summed E-state index contributed by atoms with van der Waals surface area (Å²) in [5, 5.41) is 7.74. The predicted octanol–water partition coefficient (Wildman–Crippen LogP) is 4.09. The maximum atomic E-state index is 13.5. The van der Waals surface area contributed by atoms with E-state index in [1.54, 1.807) is 22.7 Å². The lowest BCUT2D eigenvalue weighted by Gasteiger charge is -2.29. The molecule has 2 fully saturated rings. The van der Waals surface area contributed by atoms with Crippen molar-refractivity contribution in [2.45, 2.75) is 44.9 Å². The number of carbonyl (C=O) groups excluding carboxylic acids is 1. The number of ether oxygens (including phenoxy) is 1. The topological polar surface area (TPSA) is 41.6 Å². The molecule has 2 aromatic rings. The highest BCUT2D eigenvalue weighted by Crippen LogP contribution is 2.56. The van der Waals surface area contributed by atoms with Gasteiger partial charge in [-0.05, 0) is 71.8 Å². The number of amides is 1. The number of nitrogens with zero attached hydrogens (tertiary/aromatic N) is 1. The molecule has 0 radical (unpaired) electrons. The first-order valence-electron chi connectivity index (χ1n) is 9.47. The van der Waals surface area contributed by atoms with Crippen LogP contribution < -0.4 is 5.32 Å². The number of rotatable bonds is 4. The summed E-state index contributed by atoms with van der Waals surface area (Å²) in [4.78, 5) is 17.9. The molecule has 1 atom stereocenters. The predicted molar refractivity (Wildman–Crippen MR) is 112 cm³/mol. The number of piperidine rings is 1. The maximum absolute atomic E-state index is 13.5. The Hall–Kier alpha value is -0.920. The summed E-state index contributed by atoms with van der Waals surface area (Å²) in [6, 6.07) is 4.63. The Kier molecular flexibility index (Phi) is 5.63. The fourth-order valence-corrected chi connectivity index (χ4v) is 6.29. The summed E-state index contributed by atoms with van der Waals surface area (Å²) >= 11 is 3.39. The number of fused-ring (bicyclic) bond motifs is 1. The normalized spacial score (nSPS) is 22.7. The quantitative estimate of drug-likeness (QED) is 0.803. The summed E-state index contributed by atoms with van der Waals surface area (Å²) in [7, 11) is 0. The lowest BCUT2D eigenvalue weighted by Crippen LogP contribution is -2.38. The van der Waals surface area contributed by atoms with Crippen LogP contribution in [0.3, 0.4) is 0 Å². The molecule has 1 saturated carbocycles. The van der Waals surface area contributed by atoms with Gasteiger partial charge in [0.1, 0.15) is 0 Å². The van der Waals surface area contributed by atoms with Crippen molar-refractivity contribution in [2.24, 2.45) is 5.41 Å². The molecular weight excluding hydrogens is 400 g/mol. The van der Waals surface area contributed by atoms with E-state index in [1.807, 2.05) is 0 Å². The van der Waals surface area contributed by atoms with E-state index < -0.39 is 0 Å². The van der Waals surface area contributed by atoms with Crippen molar-refractivity contribution in [1.29, 1.82) is 0 Å². The summed E-state index contributed by atoms with van der Waals surface area (Å²) in [6.45, 7) is 4.34. The van der Waals surface area contributed by atoms with Gasteiger partial charge in [-0.3, -0.25) is 4.79 Å². The van der Waals surface area contributed by atoms with Crippen molar-refractivity contribution in [2.75, 3.05) is 19.7 Å². The van der Waals surface area contributed by atoms with Crippen LogP contribution in [-0.4, -0.2) is 36.5 Å². The first-order valence-corrected chi connectivity index (χ1v) is 11.2. The molecule has 0 bridgehead atoms. The van der Waals surface area contributed by atoms with Gasteiger partial charge in [0.25, 0.3) is 5.91 Å². The van der Waals surface area contributed by atoms with E-state index in [0.29, 0.717) is 18.1 Å². The molecule has 146 valence electrons. The van der Waals surface area contributed by atoms with E-state index in [4.69, 9.17) is 4.74 Å². The zero-order chi connectivity index (χ0) is 17.6. The zero-order valence-corrected chi connectivity index (χ0v) is 17.7. The van der Waals surface area contributed by atoms with E-state index in [9.17, 15) is 4.79 Å². The lowest BCUT2D eigenvalue weighted by atomic mass is 9.93. The van der Waals surface area contributed by atoms with Crippen molar-refractivity contribution >= 4 is 41.0 Å². The van der Waals surface area contributed by atoms with Gasteiger partial charge in [-0.2, -0.15) is 11.3 Å². The smallest absolute Gasteiger partial charge is 0.264 e. The van der Waals surface area contributed by atoms with Crippen LogP contribution in [0.1, 0.15) is 44.9 Å². The molecular formula is C20H25ClN2O2S2. The SMILES string of the molecule is Cl.O=C(c1cc2c(s1)CCOC2)N(Cc1ccsc1)C1CC12CCNCC2. The first-order chi connectivity index (χ1) is 12.8. The van der Waals surface area contributed by atoms with Crippen LogP contribution in [0.25, 0.3) is 0 Å². The maximum Gasteiger partial charge on any atom is 0.264 e. The van der Waals surface area contributed by atoms with Crippen LogP contribution in [0.5, 0.6) is 0 Å². The molecule has 4 heterocycles. The third-order valence-corrected chi connectivity index (χ3v) is 8.11. The Morgan fingerprint density at radius 3 is 2.96 bits per heavy atom. The highest BCUT2D eigenvalue weighted by molar-refractivity contribution is 7.14. The van der Waals surface area contributed by atoms with Crippen molar-refractivity contribution in [1.82, 2.24) is 10.2 Å². The average Bonchev–Trinajstić information content (AvgIpc) is 3.08. The molecule has 27 heavy (non-hydrogen) atoms. The Balaban J connectivity index is 0.00000180. The molecule has 0 aromatic carbocycles. The van der Waals surface area contributed by atoms with Gasteiger partial charge in [0.15, 0.2) is 0 Å². The largest absolute Gasteiger partial charge is 0.376 e. The standard InChI is InChI=1S/C20H24N2O2S2.ClH/c23-19(17-9-15-12-24-7-1-16(15)26-17)22(11-14-2-8-25-13-14)18-10-20(18)3-5-21-6-4-20;/h2,8-9,13,18,21H,1,3-7,10-12H2;1H. The second-order valence-electron chi connectivity index (χ2n) is 7.76. The van der Waals surface area contributed by atoms with Crippen LogP contribution >= 0.6 is 35.1 Å². The molecule has 1 unspecified atom stereocenters. The van der Waals surface area contributed by atoms with Crippen LogP contribution in [0.2, 0.25) is 0 Å². The highest BCUT2D eigenvalue weighted by atomic mass is 35.5. The Morgan fingerprint density at radius 1 is 1.37 bits per heavy atom. The van der Waals surface area contributed by atoms with Gasteiger partial charge >= 0.3 is 0 Å². The number of nitrogens with one attached hydrogen (secondary N) is 1. The van der Waals surface area contributed by atoms with E-state index in [-0.39, 0.29) is 18.3 Å². The average molecular weight is 425 g/mol. The number of thiophene rings is 2. The highest BCUT2D eigenvalue weighted by Gasteiger charge is 2.57. The third-order valence-electron chi connectivity index (χ3n) is 6.15. The molecule has 1 N–H and O–H groups in total.